The zero-order chi connectivity index (χ0) is 21.9. The Morgan fingerprint density at radius 1 is 1.27 bits per heavy atom. The van der Waals surface area contributed by atoms with Crippen molar-refractivity contribution in [1.29, 1.82) is 0 Å². The van der Waals surface area contributed by atoms with E-state index in [2.05, 4.69) is 44.5 Å². The first-order valence-corrected chi connectivity index (χ1v) is 10.9. The molecule has 1 aliphatic rings. The molecule has 0 aliphatic carbocycles. The second-order valence-electron chi connectivity index (χ2n) is 8.09. The molecule has 33 heavy (non-hydrogen) atoms. The zero-order valence-electron chi connectivity index (χ0n) is 18.5. The molecule has 5 rings (SSSR count). The van der Waals surface area contributed by atoms with Gasteiger partial charge in [0.1, 0.15) is 6.26 Å². The molecule has 1 saturated heterocycles. The number of nitrogens with one attached hydrogen (secondary N) is 2. The zero-order valence-corrected chi connectivity index (χ0v) is 20.6. The van der Waals surface area contributed by atoms with Gasteiger partial charge in [-0.1, -0.05) is 45.0 Å². The molecule has 2 N–H and O–H groups in total. The summed E-state index contributed by atoms with van der Waals surface area (Å²) in [4.78, 5) is 13.6. The molecular formula is C23H26LrN7O2-. The van der Waals surface area contributed by atoms with Gasteiger partial charge in [-0.05, 0) is 24.1 Å². The Hall–Kier alpha value is -4.46. The number of hydrogen-bond acceptors (Lipinski definition) is 8. The molecule has 0 saturated carbocycles. The number of ether oxygens (including phenoxy) is 1. The summed E-state index contributed by atoms with van der Waals surface area (Å²) in [5, 5.41) is 11.3. The molecule has 10 heteroatoms. The van der Waals surface area contributed by atoms with Crippen molar-refractivity contribution in [1.82, 2.24) is 29.9 Å². The van der Waals surface area contributed by atoms with Gasteiger partial charge in [0, 0.05) is 17.7 Å². The summed E-state index contributed by atoms with van der Waals surface area (Å²) in [6, 6.07) is 8.32. The topological polar surface area (TPSA) is 102 Å². The molecule has 181 valence electrons. The van der Waals surface area contributed by atoms with Crippen molar-refractivity contribution in [3.8, 4) is 17.5 Å². The van der Waals surface area contributed by atoms with Crippen LogP contribution in [0, 0.1) is 6.10 Å². The molecule has 9 nitrogen and oxygen atoms in total. The van der Waals surface area contributed by atoms with Crippen LogP contribution in [0.4, 0.5) is 5.95 Å². The van der Waals surface area contributed by atoms with Crippen LogP contribution in [0.15, 0.2) is 47.3 Å². The third kappa shape index (κ3) is 4.45. The first-order chi connectivity index (χ1) is 15.7. The second kappa shape index (κ2) is 9.35. The van der Waals surface area contributed by atoms with Crippen molar-refractivity contribution in [2.75, 3.05) is 18.4 Å². The minimum Gasteiger partial charge on any atom is -0.630 e. The Labute approximate surface area is 186 Å². The molecule has 1 aromatic carbocycles. The van der Waals surface area contributed by atoms with Gasteiger partial charge in [0.2, 0.25) is 11.8 Å². The molecule has 0 atom stereocenters. The van der Waals surface area contributed by atoms with Gasteiger partial charge in [0.25, 0.3) is 6.01 Å². The van der Waals surface area contributed by atoms with Gasteiger partial charge in [-0.3, -0.25) is 0 Å². The molecule has 4 heterocycles. The molecule has 0 unspecified atom stereocenters. The largest absolute Gasteiger partial charge is 0.630 e. The fraction of sp³-hybridized carbons (Fsp3) is 0.348. The summed E-state index contributed by atoms with van der Waals surface area (Å²) < 4.78 is 13.3. The van der Waals surface area contributed by atoms with Crippen LogP contribution in [0.1, 0.15) is 43.7 Å². The van der Waals surface area contributed by atoms with Gasteiger partial charge in [0.05, 0.1) is 12.4 Å². The van der Waals surface area contributed by atoms with Gasteiger partial charge >= 0.3 is 0 Å². The van der Waals surface area contributed by atoms with Crippen LogP contribution in [-0.4, -0.2) is 37.7 Å². The van der Waals surface area contributed by atoms with Crippen molar-refractivity contribution < 1.29 is 9.15 Å². The van der Waals surface area contributed by atoms with E-state index >= 15 is 0 Å². The van der Waals surface area contributed by atoms with Crippen molar-refractivity contribution in [3.63, 3.8) is 0 Å². The molecule has 3 aromatic heterocycles. The number of anilines is 1. The number of hydrogen-bond donors (Lipinski definition) is 2. The van der Waals surface area contributed by atoms with E-state index in [0.717, 1.165) is 54.4 Å². The van der Waals surface area contributed by atoms with E-state index in [0.29, 0.717) is 24.4 Å². The van der Waals surface area contributed by atoms with E-state index in [9.17, 15) is 0 Å². The average Bonchev–Trinajstić information content (AvgIpc) is 3.49. The Morgan fingerprint density at radius 3 is 2.91 bits per heavy atom. The molecule has 1 aliphatic heterocycles. The third-order valence-corrected chi connectivity index (χ3v) is 5.48. The monoisotopic (exact) mass is 694 g/mol. The number of fused-ring (bicyclic) bond motifs is 1. The average molecular weight is 695 g/mol. The quantitative estimate of drug-likeness (QED) is 0.282. The number of nitrogens with zero attached hydrogens (tertiary/aromatic N) is 5. The van der Waals surface area contributed by atoms with Crippen LogP contribution in [0.3, 0.4) is 0 Å². The fourth-order valence-corrected chi connectivity index (χ4v) is 3.80. The normalized spacial score (nSPS) is 14.4. The summed E-state index contributed by atoms with van der Waals surface area (Å²) in [6.45, 7) is 6.48. The van der Waals surface area contributed by atoms with Gasteiger partial charge in [-0.15, -0.1) is 12.5 Å². The van der Waals surface area contributed by atoms with E-state index in [4.69, 9.17) is 9.15 Å². The maximum Gasteiger partial charge on any atom is 0.289 e. The van der Waals surface area contributed by atoms with E-state index in [-0.39, 0.29) is 5.92 Å². The Balaban J connectivity index is 0.00000259. The Morgan fingerprint density at radius 2 is 2.15 bits per heavy atom. The summed E-state index contributed by atoms with van der Waals surface area (Å²) >= 11 is 0. The van der Waals surface area contributed by atoms with Crippen LogP contribution in [0.2, 0.25) is 0 Å². The maximum atomic E-state index is 6.07. The van der Waals surface area contributed by atoms with Crippen molar-refractivity contribution in [2.24, 2.45) is 0 Å². The summed E-state index contributed by atoms with van der Waals surface area (Å²) in [5.41, 5.74) is 3.76. The first kappa shape index (κ1) is 21.8. The number of benzene rings is 1. The SMILES string of the molecule is CC(C)c1cnn2c(NCc3ccccc3-c3ncco3)nc(O[C-]3CCCNC3)nc12.[Lr]. The van der Waals surface area contributed by atoms with Crippen LogP contribution in [-0.2, 0) is 6.54 Å². The van der Waals surface area contributed by atoms with Crippen molar-refractivity contribution in [3.05, 3.63) is 60.2 Å². The maximum absolute atomic E-state index is 6.07. The summed E-state index contributed by atoms with van der Waals surface area (Å²) in [7, 11) is 0. The standard InChI is InChI=1S/C23H26N7O2.Lr/c1-15(2)19-14-27-30-20(19)28-23(32-17-7-5-9-24-13-17)29-22(30)26-12-16-6-3-4-8-18(16)21-25-10-11-31-21;/h3-4,6,8,10-11,14-15,24H,5,7,9,12-13H2,1-2H3,(H,26,28,29);/q-1;. The van der Waals surface area contributed by atoms with Gasteiger partial charge in [0.15, 0.2) is 5.65 Å². The first-order valence-electron chi connectivity index (χ1n) is 10.9. The Bertz CT molecular complexity index is 1190. The van der Waals surface area contributed by atoms with E-state index < -0.39 is 0 Å². The molecule has 0 bridgehead atoms. The second-order valence-corrected chi connectivity index (χ2v) is 8.09. The van der Waals surface area contributed by atoms with Crippen LogP contribution in [0.5, 0.6) is 6.01 Å². The molecular weight excluding hydrogens is 668 g/mol. The number of rotatable bonds is 7. The van der Waals surface area contributed by atoms with E-state index in [1.807, 2.05) is 30.5 Å². The smallest absolute Gasteiger partial charge is 0.289 e. The van der Waals surface area contributed by atoms with Gasteiger partial charge in [-0.2, -0.15) is 19.6 Å². The molecule has 1 radical (unpaired) electrons. The van der Waals surface area contributed by atoms with Crippen LogP contribution >= 0.6 is 0 Å². The summed E-state index contributed by atoms with van der Waals surface area (Å²) in [6.07, 6.45) is 7.97. The van der Waals surface area contributed by atoms with E-state index in [1.54, 1.807) is 17.0 Å². The summed E-state index contributed by atoms with van der Waals surface area (Å²) in [5.74, 6) is 1.43. The third-order valence-electron chi connectivity index (χ3n) is 5.48. The predicted molar refractivity (Wildman–Crippen MR) is 120 cm³/mol. The fourth-order valence-electron chi connectivity index (χ4n) is 3.80. The molecule has 1 fully saturated rings. The predicted octanol–water partition coefficient (Wildman–Crippen LogP) is 3.81. The number of piperidine rings is 1. The molecule has 0 amide bonds. The van der Waals surface area contributed by atoms with E-state index in [1.165, 1.54) is 0 Å². The molecule has 4 aromatic rings. The minimum absolute atomic E-state index is 0. The van der Waals surface area contributed by atoms with Crippen LogP contribution in [0.25, 0.3) is 17.1 Å². The van der Waals surface area contributed by atoms with Gasteiger partial charge < -0.3 is 19.8 Å². The van der Waals surface area contributed by atoms with Crippen molar-refractivity contribution in [2.45, 2.75) is 39.2 Å². The van der Waals surface area contributed by atoms with Crippen molar-refractivity contribution >= 4 is 11.6 Å². The van der Waals surface area contributed by atoms with Gasteiger partial charge in [-0.25, -0.2) is 4.98 Å². The number of oxazole rings is 1. The minimum atomic E-state index is 0. The Kier molecular flexibility index (Phi) is 6.17. The van der Waals surface area contributed by atoms with Crippen LogP contribution < -0.4 is 15.4 Å². The number of aromatic nitrogens is 5. The molecule has 0 spiro atoms.